The first kappa shape index (κ1) is 25.3. The third kappa shape index (κ3) is 5.07. The van der Waals surface area contributed by atoms with E-state index in [0.717, 1.165) is 37.1 Å². The van der Waals surface area contributed by atoms with Crippen molar-refractivity contribution in [3.8, 4) is 17.6 Å². The Kier molecular flexibility index (Phi) is 7.32. The number of phenols is 1. The van der Waals surface area contributed by atoms with Crippen LogP contribution in [0.1, 0.15) is 49.8 Å². The van der Waals surface area contributed by atoms with Gasteiger partial charge in [0, 0.05) is 24.7 Å². The molecule has 1 saturated heterocycles. The standard InChI is InChI=1S/C30H33N3O3/c1-29(2,33-18-15-26(21-33)36-25-14-13-22(20-31)27(34)19-25)16-17-30(28(32)35,23-9-5-3-6-10-23)24-11-7-4-8-12-24/h3-14,19,26,34H,15-18,21H2,1-2H3,(H2,32,35). The molecule has 1 unspecified atom stereocenters. The van der Waals surface area contributed by atoms with Crippen molar-refractivity contribution in [3.63, 3.8) is 0 Å². The van der Waals surface area contributed by atoms with Crippen LogP contribution < -0.4 is 10.5 Å². The summed E-state index contributed by atoms with van der Waals surface area (Å²) >= 11 is 0. The van der Waals surface area contributed by atoms with Crippen molar-refractivity contribution < 1.29 is 14.6 Å². The second-order valence-corrected chi connectivity index (χ2v) is 10.1. The molecule has 1 aliphatic rings. The topological polar surface area (TPSA) is 99.6 Å². The Morgan fingerprint density at radius 3 is 2.19 bits per heavy atom. The fraction of sp³-hybridized carbons (Fsp3) is 0.333. The molecular weight excluding hydrogens is 450 g/mol. The SMILES string of the molecule is CC(C)(CCC(C(N)=O)(c1ccccc1)c1ccccc1)N1CCC(Oc2ccc(C#N)c(O)c2)C1. The van der Waals surface area contributed by atoms with Gasteiger partial charge in [0.1, 0.15) is 23.7 Å². The first-order chi connectivity index (χ1) is 17.3. The third-order valence-electron chi connectivity index (χ3n) is 7.46. The monoisotopic (exact) mass is 483 g/mol. The van der Waals surface area contributed by atoms with Crippen LogP contribution in [0, 0.1) is 11.3 Å². The highest BCUT2D eigenvalue weighted by Crippen LogP contribution is 2.40. The number of nitrogens with two attached hydrogens (primary N) is 1. The van der Waals surface area contributed by atoms with E-state index in [0.29, 0.717) is 12.2 Å². The smallest absolute Gasteiger partial charge is 0.232 e. The molecule has 1 fully saturated rings. The van der Waals surface area contributed by atoms with E-state index in [2.05, 4.69) is 18.7 Å². The molecule has 186 valence electrons. The summed E-state index contributed by atoms with van der Waals surface area (Å²) in [6.07, 6.45) is 2.15. The molecule has 36 heavy (non-hydrogen) atoms. The maximum Gasteiger partial charge on any atom is 0.232 e. The van der Waals surface area contributed by atoms with Crippen LogP contribution in [0.25, 0.3) is 0 Å². The number of ether oxygens (including phenoxy) is 1. The van der Waals surface area contributed by atoms with Crippen molar-refractivity contribution in [1.29, 1.82) is 5.26 Å². The molecule has 0 aromatic heterocycles. The van der Waals surface area contributed by atoms with E-state index in [1.807, 2.05) is 66.7 Å². The van der Waals surface area contributed by atoms with Gasteiger partial charge < -0.3 is 15.6 Å². The largest absolute Gasteiger partial charge is 0.506 e. The lowest BCUT2D eigenvalue weighted by atomic mass is 9.69. The number of nitriles is 1. The summed E-state index contributed by atoms with van der Waals surface area (Å²) in [5, 5.41) is 19.0. The Bertz CT molecular complexity index is 1200. The molecule has 6 heteroatoms. The minimum atomic E-state index is -0.921. The van der Waals surface area contributed by atoms with Crippen molar-refractivity contribution in [3.05, 3.63) is 95.6 Å². The van der Waals surface area contributed by atoms with Crippen LogP contribution in [-0.4, -0.2) is 40.6 Å². The predicted octanol–water partition coefficient (Wildman–Crippen LogP) is 4.75. The number of hydrogen-bond donors (Lipinski definition) is 2. The number of carbonyl (C=O) groups is 1. The van der Waals surface area contributed by atoms with E-state index in [4.69, 9.17) is 15.7 Å². The molecule has 1 aliphatic heterocycles. The first-order valence-corrected chi connectivity index (χ1v) is 12.3. The Morgan fingerprint density at radius 2 is 1.67 bits per heavy atom. The molecular formula is C30H33N3O3. The molecule has 0 spiro atoms. The van der Waals surface area contributed by atoms with Gasteiger partial charge >= 0.3 is 0 Å². The second kappa shape index (κ2) is 10.4. The molecule has 1 amide bonds. The van der Waals surface area contributed by atoms with Crippen molar-refractivity contribution >= 4 is 5.91 Å². The molecule has 0 saturated carbocycles. The zero-order valence-corrected chi connectivity index (χ0v) is 20.9. The molecule has 0 bridgehead atoms. The van der Waals surface area contributed by atoms with Crippen LogP contribution in [0.5, 0.6) is 11.5 Å². The third-order valence-corrected chi connectivity index (χ3v) is 7.46. The summed E-state index contributed by atoms with van der Waals surface area (Å²) in [5.74, 6) is 0.130. The number of phenolic OH excluding ortho intramolecular Hbond substituents is 1. The van der Waals surface area contributed by atoms with Crippen LogP contribution in [0.15, 0.2) is 78.9 Å². The molecule has 0 aliphatic carbocycles. The summed E-state index contributed by atoms with van der Waals surface area (Å²) < 4.78 is 6.12. The number of primary amides is 1. The zero-order chi connectivity index (χ0) is 25.8. The number of aromatic hydroxyl groups is 1. The molecule has 0 radical (unpaired) electrons. The predicted molar refractivity (Wildman–Crippen MR) is 140 cm³/mol. The van der Waals surface area contributed by atoms with Crippen LogP contribution >= 0.6 is 0 Å². The van der Waals surface area contributed by atoms with Gasteiger partial charge in [0.15, 0.2) is 0 Å². The van der Waals surface area contributed by atoms with Crippen LogP contribution in [0.2, 0.25) is 0 Å². The molecule has 1 heterocycles. The summed E-state index contributed by atoms with van der Waals surface area (Å²) in [6, 6.07) is 26.4. The lowest BCUT2D eigenvalue weighted by Gasteiger charge is -2.40. The van der Waals surface area contributed by atoms with E-state index < -0.39 is 5.41 Å². The van der Waals surface area contributed by atoms with E-state index >= 15 is 0 Å². The van der Waals surface area contributed by atoms with Gasteiger partial charge in [-0.2, -0.15) is 5.26 Å². The highest BCUT2D eigenvalue weighted by atomic mass is 16.5. The minimum Gasteiger partial charge on any atom is -0.506 e. The molecule has 3 N–H and O–H groups in total. The lowest BCUT2D eigenvalue weighted by molar-refractivity contribution is -0.122. The summed E-state index contributed by atoms with van der Waals surface area (Å²) in [6.45, 7) is 5.99. The highest BCUT2D eigenvalue weighted by Gasteiger charge is 2.43. The number of rotatable bonds is 9. The molecule has 3 aromatic rings. The number of likely N-dealkylation sites (tertiary alicyclic amines) is 1. The van der Waals surface area contributed by atoms with E-state index in [1.165, 1.54) is 6.07 Å². The van der Waals surface area contributed by atoms with Gasteiger partial charge in [0.2, 0.25) is 5.91 Å². The average Bonchev–Trinajstić information content (AvgIpc) is 3.35. The van der Waals surface area contributed by atoms with E-state index in [9.17, 15) is 9.90 Å². The van der Waals surface area contributed by atoms with Crippen LogP contribution in [0.3, 0.4) is 0 Å². The Labute approximate surface area is 212 Å². The quantitative estimate of drug-likeness (QED) is 0.458. The van der Waals surface area contributed by atoms with Gasteiger partial charge in [-0.05, 0) is 56.4 Å². The molecule has 6 nitrogen and oxygen atoms in total. The molecule has 3 aromatic carbocycles. The minimum absolute atomic E-state index is 0.0271. The maximum atomic E-state index is 13.1. The van der Waals surface area contributed by atoms with Crippen molar-refractivity contribution in [2.24, 2.45) is 5.73 Å². The van der Waals surface area contributed by atoms with Gasteiger partial charge in [-0.15, -0.1) is 0 Å². The van der Waals surface area contributed by atoms with Gasteiger partial charge in [0.25, 0.3) is 0 Å². The van der Waals surface area contributed by atoms with E-state index in [1.54, 1.807) is 12.1 Å². The van der Waals surface area contributed by atoms with Gasteiger partial charge in [-0.3, -0.25) is 9.69 Å². The van der Waals surface area contributed by atoms with Gasteiger partial charge in [0.05, 0.1) is 11.0 Å². The summed E-state index contributed by atoms with van der Waals surface area (Å²) in [4.78, 5) is 15.5. The Hall–Kier alpha value is -3.82. The number of hydrogen-bond acceptors (Lipinski definition) is 5. The van der Waals surface area contributed by atoms with Crippen molar-refractivity contribution in [2.75, 3.05) is 13.1 Å². The number of nitrogens with zero attached hydrogens (tertiary/aromatic N) is 2. The van der Waals surface area contributed by atoms with Gasteiger partial charge in [-0.25, -0.2) is 0 Å². The van der Waals surface area contributed by atoms with Crippen molar-refractivity contribution in [1.82, 2.24) is 4.90 Å². The second-order valence-electron chi connectivity index (χ2n) is 10.1. The van der Waals surface area contributed by atoms with E-state index in [-0.39, 0.29) is 28.9 Å². The summed E-state index contributed by atoms with van der Waals surface area (Å²) in [5.41, 5.74) is 7.06. The van der Waals surface area contributed by atoms with Crippen LogP contribution in [-0.2, 0) is 10.2 Å². The Morgan fingerprint density at radius 1 is 1.06 bits per heavy atom. The first-order valence-electron chi connectivity index (χ1n) is 12.3. The molecule has 1 atom stereocenters. The lowest BCUT2D eigenvalue weighted by Crippen LogP contribution is -2.47. The maximum absolute atomic E-state index is 13.1. The number of amides is 1. The highest BCUT2D eigenvalue weighted by molar-refractivity contribution is 5.90. The fourth-order valence-electron chi connectivity index (χ4n) is 5.21. The van der Waals surface area contributed by atoms with Crippen molar-refractivity contribution in [2.45, 2.75) is 50.2 Å². The van der Waals surface area contributed by atoms with Crippen LogP contribution in [0.4, 0.5) is 0 Å². The average molecular weight is 484 g/mol. The number of carbonyl (C=O) groups excluding carboxylic acids is 1. The fourth-order valence-corrected chi connectivity index (χ4v) is 5.21. The normalized spacial score (nSPS) is 16.4. The summed E-state index contributed by atoms with van der Waals surface area (Å²) in [7, 11) is 0. The zero-order valence-electron chi connectivity index (χ0n) is 20.9. The Balaban J connectivity index is 1.51. The number of benzene rings is 3. The molecule has 4 rings (SSSR count). The van der Waals surface area contributed by atoms with Gasteiger partial charge in [-0.1, -0.05) is 60.7 Å².